The first-order valence-electron chi connectivity index (χ1n) is 15.8. The zero-order valence-electron chi connectivity index (χ0n) is 25.9. The highest BCUT2D eigenvalue weighted by Gasteiger charge is 2.07. The highest BCUT2D eigenvalue weighted by atomic mass is 31.0. The molecule has 0 spiro atoms. The second-order valence-corrected chi connectivity index (χ2v) is 12.4. The van der Waals surface area contributed by atoms with Crippen LogP contribution >= 0.6 is 9.24 Å². The zero-order valence-corrected chi connectivity index (χ0v) is 27.1. The van der Waals surface area contributed by atoms with Crippen LogP contribution in [0.5, 0.6) is 0 Å². The van der Waals surface area contributed by atoms with Gasteiger partial charge in [0.05, 0.1) is 6.10 Å². The van der Waals surface area contributed by atoms with Crippen molar-refractivity contribution in [3.8, 4) is 0 Å². The summed E-state index contributed by atoms with van der Waals surface area (Å²) < 4.78 is 0. The minimum atomic E-state index is -0.267. The molecule has 0 saturated heterocycles. The summed E-state index contributed by atoms with van der Waals surface area (Å²) >= 11 is 0. The molecule has 216 valence electrons. The predicted octanol–water partition coefficient (Wildman–Crippen LogP) is 10.4. The Bertz CT molecular complexity index is 359. The Hall–Kier alpha value is 0.350. The molecular formula is C32H72NOP. The van der Waals surface area contributed by atoms with E-state index in [0.29, 0.717) is 6.54 Å². The lowest BCUT2D eigenvalue weighted by Crippen LogP contribution is -2.19. The van der Waals surface area contributed by atoms with Crippen molar-refractivity contribution in [2.75, 3.05) is 12.7 Å². The Labute approximate surface area is 227 Å². The summed E-state index contributed by atoms with van der Waals surface area (Å²) in [6.45, 7) is 19.1. The Morgan fingerprint density at radius 1 is 0.571 bits per heavy atom. The number of aliphatic hydroxyl groups excluding tert-OH is 1. The Morgan fingerprint density at radius 3 is 1.34 bits per heavy atom. The van der Waals surface area contributed by atoms with E-state index in [1.54, 1.807) is 0 Å². The molecule has 2 nitrogen and oxygen atoms in total. The van der Waals surface area contributed by atoms with Crippen LogP contribution < -0.4 is 5.73 Å². The van der Waals surface area contributed by atoms with Crippen LogP contribution in [0, 0.1) is 23.7 Å². The third-order valence-electron chi connectivity index (χ3n) is 7.18. The first-order chi connectivity index (χ1) is 16.7. The van der Waals surface area contributed by atoms with E-state index in [2.05, 4.69) is 64.6 Å². The quantitative estimate of drug-likeness (QED) is 0.117. The van der Waals surface area contributed by atoms with Crippen LogP contribution in [0.2, 0.25) is 0 Å². The minimum Gasteiger partial charge on any atom is -0.392 e. The van der Waals surface area contributed by atoms with Crippen LogP contribution in [0.3, 0.4) is 0 Å². The van der Waals surface area contributed by atoms with Gasteiger partial charge in [0.15, 0.2) is 0 Å². The summed E-state index contributed by atoms with van der Waals surface area (Å²) in [6, 6.07) is 0. The molecule has 3 N–H and O–H groups in total. The van der Waals surface area contributed by atoms with E-state index in [4.69, 9.17) is 10.8 Å². The lowest BCUT2D eigenvalue weighted by molar-refractivity contribution is 0.169. The monoisotopic (exact) mass is 518 g/mol. The van der Waals surface area contributed by atoms with Crippen molar-refractivity contribution in [3.63, 3.8) is 0 Å². The standard InChI is InChI=1S/C20H42.C7H17NO.C5H13P/c1-7-18(4)12-9-14-20(6)16-10-15-19(5)13-8-11-17(2)3;1-2-3-4-5-7(9)6-8;1-2-3-4-5-6/h17-20H,7-16H2,1-6H3;7,9H,2-6,8H2,1H3;2-6H2,1H3. The van der Waals surface area contributed by atoms with E-state index in [-0.39, 0.29) is 6.10 Å². The maximum Gasteiger partial charge on any atom is 0.0662 e. The number of hydrogen-bond acceptors (Lipinski definition) is 2. The van der Waals surface area contributed by atoms with Crippen LogP contribution in [-0.4, -0.2) is 23.9 Å². The van der Waals surface area contributed by atoms with Gasteiger partial charge in [-0.2, -0.15) is 0 Å². The molecule has 5 atom stereocenters. The van der Waals surface area contributed by atoms with Gasteiger partial charge in [-0.15, -0.1) is 9.24 Å². The van der Waals surface area contributed by atoms with Gasteiger partial charge >= 0.3 is 0 Å². The molecular weight excluding hydrogens is 445 g/mol. The van der Waals surface area contributed by atoms with Crippen molar-refractivity contribution in [2.45, 2.75) is 171 Å². The number of aliphatic hydroxyl groups is 1. The predicted molar refractivity (Wildman–Crippen MR) is 167 cm³/mol. The smallest absolute Gasteiger partial charge is 0.0662 e. The molecule has 0 fully saturated rings. The molecule has 0 saturated carbocycles. The summed E-state index contributed by atoms with van der Waals surface area (Å²) in [5, 5.41) is 8.96. The second-order valence-electron chi connectivity index (χ2n) is 11.8. The van der Waals surface area contributed by atoms with E-state index < -0.39 is 0 Å². The van der Waals surface area contributed by atoms with E-state index >= 15 is 0 Å². The fraction of sp³-hybridized carbons (Fsp3) is 1.00. The van der Waals surface area contributed by atoms with Crippen molar-refractivity contribution in [2.24, 2.45) is 29.4 Å². The van der Waals surface area contributed by atoms with Gasteiger partial charge in [0.1, 0.15) is 0 Å². The number of rotatable bonds is 21. The molecule has 0 heterocycles. The van der Waals surface area contributed by atoms with Crippen LogP contribution in [0.15, 0.2) is 0 Å². The fourth-order valence-electron chi connectivity index (χ4n) is 4.14. The molecule has 5 unspecified atom stereocenters. The third kappa shape index (κ3) is 39.0. The minimum absolute atomic E-state index is 0.267. The molecule has 0 rings (SSSR count). The average molecular weight is 518 g/mol. The van der Waals surface area contributed by atoms with E-state index in [9.17, 15) is 0 Å². The van der Waals surface area contributed by atoms with E-state index in [1.165, 1.54) is 102 Å². The van der Waals surface area contributed by atoms with Crippen molar-refractivity contribution in [1.29, 1.82) is 0 Å². The van der Waals surface area contributed by atoms with Crippen molar-refractivity contribution < 1.29 is 5.11 Å². The number of hydrogen-bond donors (Lipinski definition) is 2. The van der Waals surface area contributed by atoms with Crippen molar-refractivity contribution in [1.82, 2.24) is 0 Å². The van der Waals surface area contributed by atoms with Crippen LogP contribution in [0.4, 0.5) is 0 Å². The lowest BCUT2D eigenvalue weighted by Gasteiger charge is -2.15. The zero-order chi connectivity index (χ0) is 27.3. The molecule has 3 heteroatoms. The lowest BCUT2D eigenvalue weighted by atomic mass is 9.91. The Balaban J connectivity index is -0.000000559. The van der Waals surface area contributed by atoms with E-state index in [1.807, 2.05) is 0 Å². The van der Waals surface area contributed by atoms with Gasteiger partial charge in [0.2, 0.25) is 0 Å². The third-order valence-corrected chi connectivity index (χ3v) is 7.59. The van der Waals surface area contributed by atoms with Gasteiger partial charge in [-0.05, 0) is 42.7 Å². The van der Waals surface area contributed by atoms with Gasteiger partial charge in [-0.3, -0.25) is 0 Å². The summed E-state index contributed by atoms with van der Waals surface area (Å²) in [6.07, 6.45) is 23.8. The molecule has 0 aliphatic rings. The SMILES string of the molecule is CCC(C)CCCC(C)CCCC(C)CCCC(C)C.CCCCCC(O)CN.CCCCCP. The molecule has 0 aliphatic carbocycles. The topological polar surface area (TPSA) is 46.2 Å². The second kappa shape index (κ2) is 32.4. The molecule has 0 amide bonds. The number of nitrogens with two attached hydrogens (primary N) is 1. The summed E-state index contributed by atoms with van der Waals surface area (Å²) in [5.74, 6) is 3.71. The normalized spacial score (nSPS) is 14.4. The Morgan fingerprint density at radius 2 is 1.00 bits per heavy atom. The first-order valence-corrected chi connectivity index (χ1v) is 16.6. The fourth-order valence-corrected chi connectivity index (χ4v) is 4.43. The number of unbranched alkanes of at least 4 members (excludes halogenated alkanes) is 4. The maximum atomic E-state index is 8.96. The van der Waals surface area contributed by atoms with Crippen molar-refractivity contribution in [3.05, 3.63) is 0 Å². The van der Waals surface area contributed by atoms with Crippen molar-refractivity contribution >= 4 is 9.24 Å². The van der Waals surface area contributed by atoms with Crippen LogP contribution in [0.25, 0.3) is 0 Å². The highest BCUT2D eigenvalue weighted by molar-refractivity contribution is 7.16. The largest absolute Gasteiger partial charge is 0.392 e. The summed E-state index contributed by atoms with van der Waals surface area (Å²) in [5.41, 5.74) is 5.20. The molecule has 0 aromatic rings. The van der Waals surface area contributed by atoms with Crippen LogP contribution in [-0.2, 0) is 0 Å². The first kappa shape index (κ1) is 39.9. The molecule has 0 radical (unpaired) electrons. The Kier molecular flexibility index (Phi) is 36.9. The van der Waals surface area contributed by atoms with Crippen LogP contribution in [0.1, 0.15) is 165 Å². The maximum absolute atomic E-state index is 8.96. The molecule has 0 aromatic heterocycles. The molecule has 0 aromatic carbocycles. The van der Waals surface area contributed by atoms with E-state index in [0.717, 1.165) is 36.5 Å². The highest BCUT2D eigenvalue weighted by Crippen LogP contribution is 2.22. The van der Waals surface area contributed by atoms with Gasteiger partial charge in [-0.25, -0.2) is 0 Å². The molecule has 0 aliphatic heterocycles. The van der Waals surface area contributed by atoms with Gasteiger partial charge in [0, 0.05) is 6.54 Å². The summed E-state index contributed by atoms with van der Waals surface area (Å²) in [4.78, 5) is 0. The van der Waals surface area contributed by atoms with Gasteiger partial charge < -0.3 is 10.8 Å². The molecule has 0 bridgehead atoms. The van der Waals surface area contributed by atoms with Gasteiger partial charge in [0.25, 0.3) is 0 Å². The van der Waals surface area contributed by atoms with Gasteiger partial charge in [-0.1, -0.05) is 152 Å². The molecule has 35 heavy (non-hydrogen) atoms. The summed E-state index contributed by atoms with van der Waals surface area (Å²) in [7, 11) is 2.73. The average Bonchev–Trinajstić information content (AvgIpc) is 2.83.